The van der Waals surface area contributed by atoms with E-state index in [0.717, 1.165) is 38.0 Å². The highest BCUT2D eigenvalue weighted by Crippen LogP contribution is 2.19. The molecule has 1 aliphatic heterocycles. The van der Waals surface area contributed by atoms with Gasteiger partial charge in [-0.2, -0.15) is 0 Å². The van der Waals surface area contributed by atoms with Crippen molar-refractivity contribution in [1.82, 2.24) is 4.90 Å². The van der Waals surface area contributed by atoms with Gasteiger partial charge < -0.3 is 14.9 Å². The predicted molar refractivity (Wildman–Crippen MR) is 81.3 cm³/mol. The third-order valence-corrected chi connectivity index (χ3v) is 3.89. The molecule has 114 valence electrons. The Balaban J connectivity index is 2.15. The quantitative estimate of drug-likeness (QED) is 0.900. The molecule has 0 radical (unpaired) electrons. The lowest BCUT2D eigenvalue weighted by atomic mass is 10.1. The summed E-state index contributed by atoms with van der Waals surface area (Å²) in [5, 5.41) is 9.12. The molecule has 0 saturated carbocycles. The SMILES string of the molecule is CC(C(=O)N1CCCCC1)N(CC(=O)O)c1ccccc1. The Labute approximate surface area is 125 Å². The summed E-state index contributed by atoms with van der Waals surface area (Å²) in [6.07, 6.45) is 3.22. The van der Waals surface area contributed by atoms with Crippen LogP contribution in [0.2, 0.25) is 0 Å². The van der Waals surface area contributed by atoms with Crippen LogP contribution in [-0.2, 0) is 9.59 Å². The first-order valence-corrected chi connectivity index (χ1v) is 7.42. The molecule has 1 saturated heterocycles. The summed E-state index contributed by atoms with van der Waals surface area (Å²) < 4.78 is 0. The second-order valence-corrected chi connectivity index (χ2v) is 5.42. The number of hydrogen-bond acceptors (Lipinski definition) is 3. The van der Waals surface area contributed by atoms with E-state index in [1.165, 1.54) is 0 Å². The fourth-order valence-electron chi connectivity index (χ4n) is 2.73. The molecule has 2 rings (SSSR count). The molecule has 1 fully saturated rings. The Kier molecular flexibility index (Phi) is 5.20. The smallest absolute Gasteiger partial charge is 0.323 e. The van der Waals surface area contributed by atoms with E-state index in [2.05, 4.69) is 0 Å². The maximum atomic E-state index is 12.6. The number of carbonyl (C=O) groups is 2. The third-order valence-electron chi connectivity index (χ3n) is 3.89. The number of carbonyl (C=O) groups excluding carboxylic acids is 1. The van der Waals surface area contributed by atoms with Crippen molar-refractivity contribution in [3.8, 4) is 0 Å². The summed E-state index contributed by atoms with van der Waals surface area (Å²) in [4.78, 5) is 27.2. The van der Waals surface area contributed by atoms with Gasteiger partial charge in [-0.1, -0.05) is 18.2 Å². The molecule has 1 unspecified atom stereocenters. The molecule has 1 aromatic rings. The van der Waals surface area contributed by atoms with Crippen molar-refractivity contribution < 1.29 is 14.7 Å². The van der Waals surface area contributed by atoms with Crippen molar-refractivity contribution in [2.45, 2.75) is 32.2 Å². The van der Waals surface area contributed by atoms with Gasteiger partial charge in [-0.15, -0.1) is 0 Å². The fourth-order valence-corrected chi connectivity index (χ4v) is 2.73. The molecule has 1 N–H and O–H groups in total. The summed E-state index contributed by atoms with van der Waals surface area (Å²) in [5.41, 5.74) is 0.762. The highest BCUT2D eigenvalue weighted by molar-refractivity contribution is 5.87. The van der Waals surface area contributed by atoms with Crippen LogP contribution in [0.25, 0.3) is 0 Å². The molecular weight excluding hydrogens is 268 g/mol. The van der Waals surface area contributed by atoms with Gasteiger partial charge in [0, 0.05) is 18.8 Å². The molecule has 1 atom stereocenters. The first kappa shape index (κ1) is 15.4. The third kappa shape index (κ3) is 3.97. The van der Waals surface area contributed by atoms with Crippen LogP contribution in [0, 0.1) is 0 Å². The number of nitrogens with zero attached hydrogens (tertiary/aromatic N) is 2. The van der Waals surface area contributed by atoms with E-state index >= 15 is 0 Å². The van der Waals surface area contributed by atoms with Crippen molar-refractivity contribution in [1.29, 1.82) is 0 Å². The Morgan fingerprint density at radius 2 is 1.81 bits per heavy atom. The average molecular weight is 290 g/mol. The molecule has 0 spiro atoms. The van der Waals surface area contributed by atoms with E-state index in [4.69, 9.17) is 5.11 Å². The summed E-state index contributed by atoms with van der Waals surface area (Å²) in [5.74, 6) is -0.919. The van der Waals surface area contributed by atoms with Crippen LogP contribution in [0.15, 0.2) is 30.3 Å². The number of rotatable bonds is 5. The van der Waals surface area contributed by atoms with Crippen molar-refractivity contribution in [3.63, 3.8) is 0 Å². The minimum Gasteiger partial charge on any atom is -0.480 e. The Morgan fingerprint density at radius 3 is 2.38 bits per heavy atom. The molecule has 0 aliphatic carbocycles. The van der Waals surface area contributed by atoms with Gasteiger partial charge in [0.1, 0.15) is 12.6 Å². The highest BCUT2D eigenvalue weighted by Gasteiger charge is 2.28. The summed E-state index contributed by atoms with van der Waals surface area (Å²) in [7, 11) is 0. The Bertz CT molecular complexity index is 484. The normalized spacial score (nSPS) is 16.3. The van der Waals surface area contributed by atoms with Crippen LogP contribution in [0.5, 0.6) is 0 Å². The van der Waals surface area contributed by atoms with Crippen molar-refractivity contribution in [2.75, 3.05) is 24.5 Å². The van der Waals surface area contributed by atoms with Crippen LogP contribution in [0.3, 0.4) is 0 Å². The fraction of sp³-hybridized carbons (Fsp3) is 0.500. The Hall–Kier alpha value is -2.04. The molecular formula is C16H22N2O3. The number of para-hydroxylation sites is 1. The summed E-state index contributed by atoms with van der Waals surface area (Å²) in [6.45, 7) is 3.16. The largest absolute Gasteiger partial charge is 0.480 e. The molecule has 0 bridgehead atoms. The predicted octanol–water partition coefficient (Wildman–Crippen LogP) is 1.98. The van der Waals surface area contributed by atoms with E-state index in [9.17, 15) is 9.59 Å². The number of aliphatic carboxylic acids is 1. The zero-order valence-electron chi connectivity index (χ0n) is 12.4. The summed E-state index contributed by atoms with van der Waals surface area (Å²) >= 11 is 0. The molecule has 5 nitrogen and oxygen atoms in total. The Morgan fingerprint density at radius 1 is 1.19 bits per heavy atom. The van der Waals surface area contributed by atoms with Crippen LogP contribution in [0.1, 0.15) is 26.2 Å². The maximum absolute atomic E-state index is 12.6. The van der Waals surface area contributed by atoms with Crippen LogP contribution < -0.4 is 4.90 Å². The minimum atomic E-state index is -0.933. The zero-order chi connectivity index (χ0) is 15.2. The summed E-state index contributed by atoms with van der Waals surface area (Å²) in [6, 6.07) is 8.78. The van der Waals surface area contributed by atoms with Gasteiger partial charge in [0.05, 0.1) is 0 Å². The van der Waals surface area contributed by atoms with Gasteiger partial charge in [-0.25, -0.2) is 0 Å². The molecule has 21 heavy (non-hydrogen) atoms. The highest BCUT2D eigenvalue weighted by atomic mass is 16.4. The monoisotopic (exact) mass is 290 g/mol. The average Bonchev–Trinajstić information content (AvgIpc) is 2.53. The lowest BCUT2D eigenvalue weighted by molar-refractivity contribution is -0.136. The number of anilines is 1. The van der Waals surface area contributed by atoms with Gasteiger partial charge in [0.25, 0.3) is 0 Å². The number of amides is 1. The van der Waals surface area contributed by atoms with Crippen LogP contribution >= 0.6 is 0 Å². The number of carboxylic acids is 1. The van der Waals surface area contributed by atoms with Crippen molar-refractivity contribution in [3.05, 3.63) is 30.3 Å². The molecule has 1 heterocycles. The van der Waals surface area contributed by atoms with E-state index in [0.29, 0.717) is 0 Å². The number of benzene rings is 1. The number of carboxylic acid groups (broad SMARTS) is 1. The number of hydrogen-bond donors (Lipinski definition) is 1. The van der Waals surface area contributed by atoms with Gasteiger partial charge in [-0.05, 0) is 38.3 Å². The molecule has 5 heteroatoms. The van der Waals surface area contributed by atoms with Crippen molar-refractivity contribution >= 4 is 17.6 Å². The van der Waals surface area contributed by atoms with Crippen LogP contribution in [0.4, 0.5) is 5.69 Å². The van der Waals surface area contributed by atoms with E-state index in [-0.39, 0.29) is 12.5 Å². The first-order valence-electron chi connectivity index (χ1n) is 7.42. The topological polar surface area (TPSA) is 60.9 Å². The zero-order valence-corrected chi connectivity index (χ0v) is 12.4. The maximum Gasteiger partial charge on any atom is 0.323 e. The number of piperidine rings is 1. The van der Waals surface area contributed by atoms with E-state index in [1.807, 2.05) is 35.2 Å². The van der Waals surface area contributed by atoms with Crippen LogP contribution in [-0.4, -0.2) is 47.6 Å². The second-order valence-electron chi connectivity index (χ2n) is 5.42. The van der Waals surface area contributed by atoms with Gasteiger partial charge in [0.15, 0.2) is 0 Å². The lowest BCUT2D eigenvalue weighted by Gasteiger charge is -2.35. The minimum absolute atomic E-state index is 0.0137. The lowest BCUT2D eigenvalue weighted by Crippen LogP contribution is -2.50. The molecule has 1 aromatic carbocycles. The van der Waals surface area contributed by atoms with Gasteiger partial charge >= 0.3 is 5.97 Å². The van der Waals surface area contributed by atoms with E-state index in [1.54, 1.807) is 11.8 Å². The van der Waals surface area contributed by atoms with Crippen molar-refractivity contribution in [2.24, 2.45) is 0 Å². The van der Waals surface area contributed by atoms with Gasteiger partial charge in [0.2, 0.25) is 5.91 Å². The first-order chi connectivity index (χ1) is 10.1. The van der Waals surface area contributed by atoms with E-state index < -0.39 is 12.0 Å². The van der Waals surface area contributed by atoms with Gasteiger partial charge in [-0.3, -0.25) is 9.59 Å². The molecule has 0 aromatic heterocycles. The standard InChI is InChI=1S/C16H22N2O3/c1-13(16(21)17-10-6-3-7-11-17)18(12-15(19)20)14-8-4-2-5-9-14/h2,4-5,8-9,13H,3,6-7,10-12H2,1H3,(H,19,20). The number of likely N-dealkylation sites (tertiary alicyclic amines) is 1. The molecule has 1 amide bonds. The second kappa shape index (κ2) is 7.11. The molecule has 1 aliphatic rings.